The van der Waals surface area contributed by atoms with Crippen molar-refractivity contribution in [3.63, 3.8) is 0 Å². The minimum absolute atomic E-state index is 0.366. The number of hydrogen-bond acceptors (Lipinski definition) is 6. The van der Waals surface area contributed by atoms with Gasteiger partial charge in [-0.2, -0.15) is 16.3 Å². The zero-order valence-electron chi connectivity index (χ0n) is 11.4. The maximum Gasteiger partial charge on any atom is 0.231 e. The molecular weight excluding hydrogens is 302 g/mol. The van der Waals surface area contributed by atoms with E-state index in [9.17, 15) is 0 Å². The largest absolute Gasteiger partial charge is 0.339 e. The second kappa shape index (κ2) is 5.71. The van der Waals surface area contributed by atoms with Gasteiger partial charge in [-0.05, 0) is 46.8 Å². The molecule has 21 heavy (non-hydrogen) atoms. The van der Waals surface area contributed by atoms with Crippen molar-refractivity contribution < 1.29 is 4.52 Å². The Bertz CT molecular complexity index is 690. The molecule has 4 nitrogen and oxygen atoms in total. The molecule has 0 unspecified atom stereocenters. The van der Waals surface area contributed by atoms with Crippen molar-refractivity contribution in [1.82, 2.24) is 15.0 Å². The topological polar surface area (TPSA) is 42.2 Å². The fraction of sp³-hybridized carbons (Fsp3) is 0.333. The normalized spacial score (nSPS) is 19.3. The molecular formula is C15H15N3OS2. The Labute approximate surface area is 131 Å². The molecule has 3 aromatic rings. The van der Waals surface area contributed by atoms with Crippen LogP contribution in [0, 0.1) is 0 Å². The molecule has 0 bridgehead atoms. The van der Waals surface area contributed by atoms with Crippen molar-refractivity contribution in [2.24, 2.45) is 0 Å². The summed E-state index contributed by atoms with van der Waals surface area (Å²) in [4.78, 5) is 8.10. The Morgan fingerprint density at radius 2 is 2.33 bits per heavy atom. The molecule has 0 aromatic carbocycles. The van der Waals surface area contributed by atoms with Gasteiger partial charge in [-0.1, -0.05) is 11.2 Å². The molecule has 1 fully saturated rings. The number of likely N-dealkylation sites (tertiary alicyclic amines) is 1. The maximum absolute atomic E-state index is 5.48. The van der Waals surface area contributed by atoms with Gasteiger partial charge in [0.25, 0.3) is 0 Å². The second-order valence-electron chi connectivity index (χ2n) is 5.29. The predicted molar refractivity (Wildman–Crippen MR) is 84.6 cm³/mol. The summed E-state index contributed by atoms with van der Waals surface area (Å²) in [5.41, 5.74) is 1.39. The van der Waals surface area contributed by atoms with Crippen molar-refractivity contribution in [3.8, 4) is 10.7 Å². The minimum Gasteiger partial charge on any atom is -0.339 e. The lowest BCUT2D eigenvalue weighted by molar-refractivity contribution is 0.309. The van der Waals surface area contributed by atoms with E-state index in [-0.39, 0.29) is 0 Å². The van der Waals surface area contributed by atoms with E-state index < -0.39 is 0 Å². The van der Waals surface area contributed by atoms with E-state index in [2.05, 4.69) is 31.9 Å². The summed E-state index contributed by atoms with van der Waals surface area (Å²) >= 11 is 3.40. The van der Waals surface area contributed by atoms with Crippen LogP contribution >= 0.6 is 22.7 Å². The molecule has 6 heteroatoms. The zero-order valence-corrected chi connectivity index (χ0v) is 13.1. The number of hydrogen-bond donors (Lipinski definition) is 0. The molecule has 0 amide bonds. The Morgan fingerprint density at radius 3 is 3.14 bits per heavy atom. The monoisotopic (exact) mass is 317 g/mol. The Hall–Kier alpha value is -1.50. The summed E-state index contributed by atoms with van der Waals surface area (Å²) in [7, 11) is 0. The molecule has 1 atom stereocenters. The van der Waals surface area contributed by atoms with Crippen molar-refractivity contribution >= 4 is 22.7 Å². The first kappa shape index (κ1) is 13.2. The Morgan fingerprint density at radius 1 is 1.33 bits per heavy atom. The highest BCUT2D eigenvalue weighted by Gasteiger charge is 2.28. The van der Waals surface area contributed by atoms with Crippen LogP contribution in [-0.2, 0) is 6.54 Å². The van der Waals surface area contributed by atoms with Crippen LogP contribution in [0.1, 0.15) is 23.8 Å². The highest BCUT2D eigenvalue weighted by Crippen LogP contribution is 2.29. The van der Waals surface area contributed by atoms with Gasteiger partial charge in [-0.3, -0.25) is 4.90 Å². The van der Waals surface area contributed by atoms with Gasteiger partial charge in [0.05, 0.1) is 10.8 Å². The van der Waals surface area contributed by atoms with Gasteiger partial charge < -0.3 is 4.52 Å². The molecule has 1 aliphatic heterocycles. The molecule has 4 heterocycles. The summed E-state index contributed by atoms with van der Waals surface area (Å²) in [6, 6.07) is 6.23. The van der Waals surface area contributed by atoms with E-state index in [0.717, 1.165) is 42.6 Å². The average molecular weight is 317 g/mol. The third-order valence-corrected chi connectivity index (χ3v) is 5.39. The average Bonchev–Trinajstić information content (AvgIpc) is 3.28. The van der Waals surface area contributed by atoms with Crippen molar-refractivity contribution in [3.05, 3.63) is 45.8 Å². The van der Waals surface area contributed by atoms with Crippen LogP contribution in [0.5, 0.6) is 0 Å². The maximum atomic E-state index is 5.48. The van der Waals surface area contributed by atoms with E-state index in [4.69, 9.17) is 4.52 Å². The van der Waals surface area contributed by atoms with Crippen molar-refractivity contribution in [2.45, 2.75) is 18.9 Å². The smallest absolute Gasteiger partial charge is 0.231 e. The lowest BCUT2D eigenvalue weighted by Gasteiger charge is -2.13. The van der Waals surface area contributed by atoms with Gasteiger partial charge in [0.1, 0.15) is 0 Å². The quantitative estimate of drug-likeness (QED) is 0.733. The van der Waals surface area contributed by atoms with Gasteiger partial charge in [-0.15, -0.1) is 11.3 Å². The standard InChI is InChI=1S/C15H15N3OS2/c1-2-13(21-6-1)14-16-15(19-17-14)12-3-5-18(9-12)8-11-4-7-20-10-11/h1-2,4,6-7,10,12H,3,5,8-9H2/t12-/m1/s1. The summed E-state index contributed by atoms with van der Waals surface area (Å²) < 4.78 is 5.48. The molecule has 0 radical (unpaired) electrons. The SMILES string of the molecule is c1csc(-c2noc([C@@H]3CCN(Cc4ccsc4)C3)n2)c1. The third-order valence-electron chi connectivity index (χ3n) is 3.79. The van der Waals surface area contributed by atoms with Crippen LogP contribution < -0.4 is 0 Å². The Balaban J connectivity index is 1.43. The lowest BCUT2D eigenvalue weighted by Crippen LogP contribution is -2.19. The van der Waals surface area contributed by atoms with E-state index in [1.807, 2.05) is 17.5 Å². The highest BCUT2D eigenvalue weighted by molar-refractivity contribution is 7.13. The number of rotatable bonds is 4. The van der Waals surface area contributed by atoms with Gasteiger partial charge in [0, 0.05) is 13.1 Å². The molecule has 1 saturated heterocycles. The van der Waals surface area contributed by atoms with E-state index in [1.165, 1.54) is 5.56 Å². The second-order valence-corrected chi connectivity index (χ2v) is 7.01. The van der Waals surface area contributed by atoms with E-state index in [1.54, 1.807) is 22.7 Å². The van der Waals surface area contributed by atoms with Crippen LogP contribution in [0.15, 0.2) is 38.9 Å². The molecule has 4 rings (SSSR count). The van der Waals surface area contributed by atoms with Gasteiger partial charge >= 0.3 is 0 Å². The van der Waals surface area contributed by atoms with Crippen molar-refractivity contribution in [2.75, 3.05) is 13.1 Å². The summed E-state index contributed by atoms with van der Waals surface area (Å²) in [5, 5.41) is 10.5. The first-order valence-electron chi connectivity index (χ1n) is 6.99. The van der Waals surface area contributed by atoms with Gasteiger partial charge in [0.15, 0.2) is 0 Å². The van der Waals surface area contributed by atoms with E-state index >= 15 is 0 Å². The molecule has 108 valence electrons. The highest BCUT2D eigenvalue weighted by atomic mass is 32.1. The fourth-order valence-corrected chi connectivity index (χ4v) is 4.03. The van der Waals surface area contributed by atoms with Crippen LogP contribution in [0.25, 0.3) is 10.7 Å². The zero-order chi connectivity index (χ0) is 14.1. The third kappa shape index (κ3) is 2.79. The van der Waals surface area contributed by atoms with Crippen LogP contribution in [0.2, 0.25) is 0 Å². The molecule has 3 aromatic heterocycles. The first-order valence-corrected chi connectivity index (χ1v) is 8.81. The number of aromatic nitrogens is 2. The summed E-state index contributed by atoms with van der Waals surface area (Å²) in [6.45, 7) is 3.12. The van der Waals surface area contributed by atoms with Crippen LogP contribution in [-0.4, -0.2) is 28.1 Å². The Kier molecular flexibility index (Phi) is 3.58. The first-order chi connectivity index (χ1) is 10.4. The van der Waals surface area contributed by atoms with Gasteiger partial charge in [0.2, 0.25) is 11.7 Å². The molecule has 0 N–H and O–H groups in total. The lowest BCUT2D eigenvalue weighted by atomic mass is 10.1. The van der Waals surface area contributed by atoms with Crippen LogP contribution in [0.3, 0.4) is 0 Å². The van der Waals surface area contributed by atoms with Crippen LogP contribution in [0.4, 0.5) is 0 Å². The molecule has 1 aliphatic rings. The van der Waals surface area contributed by atoms with E-state index in [0.29, 0.717) is 5.92 Å². The molecule has 0 saturated carbocycles. The minimum atomic E-state index is 0.366. The van der Waals surface area contributed by atoms with Crippen molar-refractivity contribution in [1.29, 1.82) is 0 Å². The predicted octanol–water partition coefficient (Wildman–Crippen LogP) is 3.85. The summed E-state index contributed by atoms with van der Waals surface area (Å²) in [6.07, 6.45) is 1.09. The molecule has 0 spiro atoms. The summed E-state index contributed by atoms with van der Waals surface area (Å²) in [5.74, 6) is 1.87. The molecule has 0 aliphatic carbocycles. The fourth-order valence-electron chi connectivity index (χ4n) is 2.73. The number of thiophene rings is 2. The van der Waals surface area contributed by atoms with Gasteiger partial charge in [-0.25, -0.2) is 0 Å². The number of nitrogens with zero attached hydrogens (tertiary/aromatic N) is 3.